The van der Waals surface area contributed by atoms with E-state index in [4.69, 9.17) is 11.6 Å². The molecule has 0 atom stereocenters. The van der Waals surface area contributed by atoms with Crippen LogP contribution in [0.25, 0.3) is 27.5 Å². The van der Waals surface area contributed by atoms with Crippen LogP contribution in [0, 0.1) is 6.92 Å². The number of aryl methyl sites for hydroxylation is 1. The molecule has 2 aromatic heterocycles. The lowest BCUT2D eigenvalue weighted by Gasteiger charge is -2.06. The molecule has 2 heterocycles. The fourth-order valence-corrected chi connectivity index (χ4v) is 3.17. The number of nitrogens with zero attached hydrogens (tertiary/aromatic N) is 2. The number of aromatic nitrogens is 3. The van der Waals surface area contributed by atoms with E-state index in [2.05, 4.69) is 34.3 Å². The van der Waals surface area contributed by atoms with E-state index in [1.807, 2.05) is 25.1 Å². The monoisotopic (exact) mass is 323 g/mol. The minimum absolute atomic E-state index is 0.153. The number of fused-ring (bicyclic) bond motifs is 2. The average Bonchev–Trinajstić information content (AvgIpc) is 2.91. The predicted molar refractivity (Wildman–Crippen MR) is 93.0 cm³/mol. The Bertz CT molecular complexity index is 1090. The van der Waals surface area contributed by atoms with Gasteiger partial charge in [-0.25, -0.2) is 9.50 Å². The van der Waals surface area contributed by atoms with Crippen LogP contribution in [0.4, 0.5) is 0 Å². The van der Waals surface area contributed by atoms with Gasteiger partial charge < -0.3 is 0 Å². The smallest absolute Gasteiger partial charge is 0.272 e. The third-order valence-electron chi connectivity index (χ3n) is 4.05. The lowest BCUT2D eigenvalue weighted by atomic mass is 9.98. The fraction of sp³-hybridized carbons (Fsp3) is 0.111. The molecular weight excluding hydrogens is 310 g/mol. The van der Waals surface area contributed by atoms with Crippen molar-refractivity contribution in [3.8, 4) is 11.1 Å². The van der Waals surface area contributed by atoms with E-state index in [9.17, 15) is 4.79 Å². The topological polar surface area (TPSA) is 50.2 Å². The van der Waals surface area contributed by atoms with Crippen molar-refractivity contribution in [1.29, 1.82) is 0 Å². The number of hydrogen-bond acceptors (Lipinski definition) is 2. The molecule has 1 N–H and O–H groups in total. The third kappa shape index (κ3) is 2.14. The number of halogens is 1. The molecule has 0 amide bonds. The molecule has 114 valence electrons. The molecule has 0 spiro atoms. The standard InChI is InChI=1S/C18H14ClN3O/c1-11-17(15-8-4-6-12-5-2-3-7-14(12)15)18-20-13(10-19)9-16(23)22(18)21-11/h2-9,21H,10H2,1H3. The van der Waals surface area contributed by atoms with E-state index in [1.54, 1.807) is 0 Å². The fourth-order valence-electron chi connectivity index (χ4n) is 3.03. The van der Waals surface area contributed by atoms with Crippen LogP contribution in [0.2, 0.25) is 0 Å². The Morgan fingerprint density at radius 2 is 1.96 bits per heavy atom. The van der Waals surface area contributed by atoms with Crippen molar-refractivity contribution >= 4 is 28.0 Å². The Balaban J connectivity index is 2.14. The Hall–Kier alpha value is -2.59. The first-order chi connectivity index (χ1) is 11.2. The first-order valence-corrected chi connectivity index (χ1v) is 7.88. The molecular formula is C18H14ClN3O. The highest BCUT2D eigenvalue weighted by molar-refractivity contribution is 6.16. The number of hydrogen-bond donors (Lipinski definition) is 1. The molecule has 4 rings (SSSR count). The highest BCUT2D eigenvalue weighted by Crippen LogP contribution is 2.32. The van der Waals surface area contributed by atoms with Crippen molar-refractivity contribution in [2.75, 3.05) is 0 Å². The molecule has 0 aliphatic heterocycles. The zero-order valence-electron chi connectivity index (χ0n) is 12.5. The van der Waals surface area contributed by atoms with Crippen LogP contribution in [-0.4, -0.2) is 14.6 Å². The quantitative estimate of drug-likeness (QED) is 0.569. The second-order valence-electron chi connectivity index (χ2n) is 5.52. The summed E-state index contributed by atoms with van der Waals surface area (Å²) in [5.74, 6) is 0.213. The normalized spacial score (nSPS) is 11.4. The zero-order chi connectivity index (χ0) is 16.0. The van der Waals surface area contributed by atoms with Gasteiger partial charge >= 0.3 is 0 Å². The third-order valence-corrected chi connectivity index (χ3v) is 4.32. The van der Waals surface area contributed by atoms with Gasteiger partial charge in [-0.05, 0) is 23.3 Å². The molecule has 0 saturated carbocycles. The van der Waals surface area contributed by atoms with Crippen molar-refractivity contribution in [3.05, 3.63) is 70.3 Å². The van der Waals surface area contributed by atoms with Gasteiger partial charge in [-0.15, -0.1) is 11.6 Å². The summed E-state index contributed by atoms with van der Waals surface area (Å²) in [5, 5.41) is 5.39. The van der Waals surface area contributed by atoms with Crippen molar-refractivity contribution in [3.63, 3.8) is 0 Å². The highest BCUT2D eigenvalue weighted by atomic mass is 35.5. The summed E-state index contributed by atoms with van der Waals surface area (Å²) in [4.78, 5) is 16.8. The van der Waals surface area contributed by atoms with Gasteiger partial charge in [0, 0.05) is 17.3 Å². The second-order valence-corrected chi connectivity index (χ2v) is 5.78. The van der Waals surface area contributed by atoms with Gasteiger partial charge in [0.05, 0.1) is 11.6 Å². The molecule has 0 bridgehead atoms. The molecule has 0 aliphatic rings. The van der Waals surface area contributed by atoms with Gasteiger partial charge in [-0.3, -0.25) is 9.89 Å². The van der Waals surface area contributed by atoms with Gasteiger partial charge in [0.15, 0.2) is 5.65 Å². The van der Waals surface area contributed by atoms with E-state index >= 15 is 0 Å². The Morgan fingerprint density at radius 1 is 1.17 bits per heavy atom. The number of benzene rings is 2. The largest absolute Gasteiger partial charge is 0.293 e. The summed E-state index contributed by atoms with van der Waals surface area (Å²) in [6, 6.07) is 15.8. The lowest BCUT2D eigenvalue weighted by Crippen LogP contribution is -2.15. The lowest BCUT2D eigenvalue weighted by molar-refractivity contribution is 0.871. The van der Waals surface area contributed by atoms with Crippen LogP contribution < -0.4 is 5.56 Å². The van der Waals surface area contributed by atoms with E-state index in [0.717, 1.165) is 27.6 Å². The number of alkyl halides is 1. The first kappa shape index (κ1) is 14.0. The van der Waals surface area contributed by atoms with Crippen LogP contribution in [0.15, 0.2) is 53.3 Å². The molecule has 4 aromatic rings. The second kappa shape index (κ2) is 5.25. The summed E-state index contributed by atoms with van der Waals surface area (Å²) >= 11 is 5.88. The molecule has 2 aromatic carbocycles. The van der Waals surface area contributed by atoms with Crippen LogP contribution in [-0.2, 0) is 5.88 Å². The van der Waals surface area contributed by atoms with Gasteiger partial charge in [0.25, 0.3) is 5.56 Å². The van der Waals surface area contributed by atoms with Crippen LogP contribution >= 0.6 is 11.6 Å². The maximum absolute atomic E-state index is 12.3. The molecule has 0 unspecified atom stereocenters. The van der Waals surface area contributed by atoms with E-state index < -0.39 is 0 Å². The number of nitrogens with one attached hydrogen (secondary N) is 1. The number of aromatic amines is 1. The predicted octanol–water partition coefficient (Wildman–Crippen LogP) is 3.89. The average molecular weight is 324 g/mol. The molecule has 4 nitrogen and oxygen atoms in total. The van der Waals surface area contributed by atoms with Gasteiger partial charge in [0.2, 0.25) is 0 Å². The Labute approximate surface area is 137 Å². The minimum Gasteiger partial charge on any atom is -0.293 e. The maximum atomic E-state index is 12.3. The zero-order valence-corrected chi connectivity index (χ0v) is 13.3. The molecule has 5 heteroatoms. The highest BCUT2D eigenvalue weighted by Gasteiger charge is 2.16. The van der Waals surface area contributed by atoms with E-state index in [0.29, 0.717) is 11.3 Å². The summed E-state index contributed by atoms with van der Waals surface area (Å²) in [7, 11) is 0. The van der Waals surface area contributed by atoms with Crippen LogP contribution in [0.5, 0.6) is 0 Å². The summed E-state index contributed by atoms with van der Waals surface area (Å²) in [5.41, 5.74) is 3.93. The van der Waals surface area contributed by atoms with E-state index in [1.165, 1.54) is 10.6 Å². The van der Waals surface area contributed by atoms with Gasteiger partial charge in [0.1, 0.15) is 0 Å². The SMILES string of the molecule is Cc1[nH]n2c(=O)cc(CCl)nc2c1-c1cccc2ccccc12. The summed E-state index contributed by atoms with van der Waals surface area (Å²) in [6.07, 6.45) is 0. The maximum Gasteiger partial charge on any atom is 0.272 e. The first-order valence-electron chi connectivity index (χ1n) is 7.34. The van der Waals surface area contributed by atoms with Crippen molar-refractivity contribution in [2.45, 2.75) is 12.8 Å². The Morgan fingerprint density at radius 3 is 2.78 bits per heavy atom. The number of H-pyrrole nitrogens is 1. The molecule has 0 radical (unpaired) electrons. The minimum atomic E-state index is -0.153. The van der Waals surface area contributed by atoms with Crippen molar-refractivity contribution in [1.82, 2.24) is 14.6 Å². The Kier molecular flexibility index (Phi) is 3.20. The molecule has 0 saturated heterocycles. The molecule has 0 aliphatic carbocycles. The van der Waals surface area contributed by atoms with Crippen molar-refractivity contribution in [2.24, 2.45) is 0 Å². The molecule has 23 heavy (non-hydrogen) atoms. The number of rotatable bonds is 2. The van der Waals surface area contributed by atoms with Crippen molar-refractivity contribution < 1.29 is 0 Å². The van der Waals surface area contributed by atoms with Crippen LogP contribution in [0.1, 0.15) is 11.4 Å². The van der Waals surface area contributed by atoms with Gasteiger partial charge in [-0.1, -0.05) is 42.5 Å². The van der Waals surface area contributed by atoms with Crippen LogP contribution in [0.3, 0.4) is 0 Å². The summed E-state index contributed by atoms with van der Waals surface area (Å²) < 4.78 is 1.47. The van der Waals surface area contributed by atoms with E-state index in [-0.39, 0.29) is 11.4 Å². The molecule has 0 fully saturated rings. The van der Waals surface area contributed by atoms with Gasteiger partial charge in [-0.2, -0.15) is 0 Å². The summed E-state index contributed by atoms with van der Waals surface area (Å²) in [6.45, 7) is 1.95.